The summed E-state index contributed by atoms with van der Waals surface area (Å²) in [5.41, 5.74) is -0.132. The van der Waals surface area contributed by atoms with E-state index in [1.807, 2.05) is 0 Å². The minimum atomic E-state index is -0.479. The molecule has 8 nitrogen and oxygen atoms in total. The third kappa shape index (κ3) is 4.96. The largest absolute Gasteiger partial charge is 0.383 e. The molecule has 0 atom stereocenters. The molecule has 112 valence electrons. The van der Waals surface area contributed by atoms with Gasteiger partial charge in [-0.15, -0.1) is 0 Å². The average molecular weight is 283 g/mol. The van der Waals surface area contributed by atoms with Crippen LogP contribution in [0.5, 0.6) is 0 Å². The Morgan fingerprint density at radius 1 is 1.30 bits per heavy atom. The second-order valence-electron chi connectivity index (χ2n) is 4.71. The highest BCUT2D eigenvalue weighted by atomic mass is 16.6. The van der Waals surface area contributed by atoms with E-state index in [9.17, 15) is 10.1 Å². The highest BCUT2D eigenvalue weighted by Crippen LogP contribution is 2.28. The Labute approximate surface area is 118 Å². The van der Waals surface area contributed by atoms with E-state index >= 15 is 0 Å². The summed E-state index contributed by atoms with van der Waals surface area (Å²) in [5, 5.41) is 17.1. The van der Waals surface area contributed by atoms with Crippen LogP contribution in [0.15, 0.2) is 6.33 Å². The van der Waals surface area contributed by atoms with Crippen molar-refractivity contribution in [3.05, 3.63) is 16.4 Å². The maximum Gasteiger partial charge on any atom is 0.353 e. The lowest BCUT2D eigenvalue weighted by Gasteiger charge is -2.10. The van der Waals surface area contributed by atoms with Gasteiger partial charge in [0.05, 0.1) is 11.5 Å². The van der Waals surface area contributed by atoms with Gasteiger partial charge in [-0.2, -0.15) is 0 Å². The molecule has 0 aliphatic heterocycles. The molecule has 0 fully saturated rings. The summed E-state index contributed by atoms with van der Waals surface area (Å²) in [5.74, 6) is 0.961. The number of hydrogen-bond acceptors (Lipinski definition) is 7. The molecule has 8 heteroatoms. The number of rotatable bonds is 9. The second-order valence-corrected chi connectivity index (χ2v) is 4.71. The first kappa shape index (κ1) is 16.1. The Hall–Kier alpha value is -1.96. The summed E-state index contributed by atoms with van der Waals surface area (Å²) in [6, 6.07) is 0. The summed E-state index contributed by atoms with van der Waals surface area (Å²) in [6.45, 7) is 5.70. The summed E-state index contributed by atoms with van der Waals surface area (Å²) < 4.78 is 4.89. The summed E-state index contributed by atoms with van der Waals surface area (Å²) >= 11 is 0. The van der Waals surface area contributed by atoms with Crippen LogP contribution in [0, 0.1) is 16.0 Å². The van der Waals surface area contributed by atoms with Crippen LogP contribution in [0.3, 0.4) is 0 Å². The van der Waals surface area contributed by atoms with Crippen LogP contribution >= 0.6 is 0 Å². The monoisotopic (exact) mass is 283 g/mol. The first-order valence-corrected chi connectivity index (χ1v) is 6.52. The number of aromatic nitrogens is 2. The fourth-order valence-corrected chi connectivity index (χ4v) is 1.56. The Balaban J connectivity index is 2.82. The highest BCUT2D eigenvalue weighted by molar-refractivity contribution is 5.69. The topological polar surface area (TPSA) is 102 Å². The number of nitrogens with zero attached hydrogens (tertiary/aromatic N) is 3. The second kappa shape index (κ2) is 8.26. The average Bonchev–Trinajstić information content (AvgIpc) is 2.38. The van der Waals surface area contributed by atoms with Crippen LogP contribution < -0.4 is 10.6 Å². The molecule has 0 bridgehead atoms. The van der Waals surface area contributed by atoms with E-state index in [0.717, 1.165) is 6.42 Å². The van der Waals surface area contributed by atoms with Crippen molar-refractivity contribution in [1.29, 1.82) is 0 Å². The van der Waals surface area contributed by atoms with Crippen molar-refractivity contribution >= 4 is 17.3 Å². The van der Waals surface area contributed by atoms with Gasteiger partial charge in [0.1, 0.15) is 6.33 Å². The van der Waals surface area contributed by atoms with Crippen LogP contribution in [0.4, 0.5) is 17.3 Å². The molecule has 0 saturated heterocycles. The van der Waals surface area contributed by atoms with E-state index in [-0.39, 0.29) is 17.3 Å². The van der Waals surface area contributed by atoms with Gasteiger partial charge in [0.15, 0.2) is 0 Å². The minimum absolute atomic E-state index is 0.132. The van der Waals surface area contributed by atoms with Crippen LogP contribution in [-0.2, 0) is 4.74 Å². The molecule has 1 aromatic heterocycles. The third-order valence-corrected chi connectivity index (χ3v) is 2.62. The van der Waals surface area contributed by atoms with Gasteiger partial charge in [0, 0.05) is 20.2 Å². The van der Waals surface area contributed by atoms with E-state index in [2.05, 4.69) is 34.4 Å². The lowest BCUT2D eigenvalue weighted by atomic mass is 10.1. The number of nitro groups is 1. The first-order valence-electron chi connectivity index (χ1n) is 6.52. The van der Waals surface area contributed by atoms with E-state index in [1.54, 1.807) is 7.11 Å². The Morgan fingerprint density at radius 2 is 1.90 bits per heavy atom. The van der Waals surface area contributed by atoms with Crippen molar-refractivity contribution in [3.63, 3.8) is 0 Å². The van der Waals surface area contributed by atoms with Gasteiger partial charge in [0.25, 0.3) is 0 Å². The minimum Gasteiger partial charge on any atom is -0.383 e. The van der Waals surface area contributed by atoms with Crippen LogP contribution in [0.1, 0.15) is 20.3 Å². The van der Waals surface area contributed by atoms with Gasteiger partial charge >= 0.3 is 5.69 Å². The molecule has 0 aromatic carbocycles. The molecule has 20 heavy (non-hydrogen) atoms. The highest BCUT2D eigenvalue weighted by Gasteiger charge is 2.22. The normalized spacial score (nSPS) is 10.6. The number of anilines is 2. The van der Waals surface area contributed by atoms with Crippen molar-refractivity contribution < 1.29 is 9.66 Å². The molecule has 0 unspecified atom stereocenters. The zero-order valence-electron chi connectivity index (χ0n) is 12.0. The predicted octanol–water partition coefficient (Wildman–Crippen LogP) is 1.90. The van der Waals surface area contributed by atoms with Crippen LogP contribution in [0.25, 0.3) is 0 Å². The van der Waals surface area contributed by atoms with Crippen LogP contribution in [-0.4, -0.2) is 41.7 Å². The van der Waals surface area contributed by atoms with Crippen molar-refractivity contribution in [1.82, 2.24) is 9.97 Å². The van der Waals surface area contributed by atoms with Crippen LogP contribution in [0.2, 0.25) is 0 Å². The van der Waals surface area contributed by atoms with Crippen molar-refractivity contribution in [2.24, 2.45) is 5.92 Å². The molecule has 0 amide bonds. The molecular weight excluding hydrogens is 262 g/mol. The SMILES string of the molecule is COCCNc1ncnc(NCCC(C)C)c1[N+](=O)[O-]. The van der Waals surface area contributed by atoms with E-state index in [1.165, 1.54) is 6.33 Å². The maximum atomic E-state index is 11.2. The van der Waals surface area contributed by atoms with Crippen molar-refractivity contribution in [2.45, 2.75) is 20.3 Å². The molecule has 0 aliphatic carbocycles. The van der Waals surface area contributed by atoms with Gasteiger partial charge < -0.3 is 15.4 Å². The van der Waals surface area contributed by atoms with Gasteiger partial charge in [-0.05, 0) is 12.3 Å². The van der Waals surface area contributed by atoms with E-state index in [0.29, 0.717) is 25.6 Å². The van der Waals surface area contributed by atoms with Gasteiger partial charge in [0.2, 0.25) is 11.6 Å². The predicted molar refractivity (Wildman–Crippen MR) is 77.0 cm³/mol. The molecule has 2 N–H and O–H groups in total. The lowest BCUT2D eigenvalue weighted by molar-refractivity contribution is -0.383. The zero-order chi connectivity index (χ0) is 15.0. The van der Waals surface area contributed by atoms with Gasteiger partial charge in [-0.3, -0.25) is 10.1 Å². The third-order valence-electron chi connectivity index (χ3n) is 2.62. The quantitative estimate of drug-likeness (QED) is 0.405. The molecule has 0 aliphatic rings. The lowest BCUT2D eigenvalue weighted by Crippen LogP contribution is -2.14. The summed E-state index contributed by atoms with van der Waals surface area (Å²) in [7, 11) is 1.56. The molecule has 1 aromatic rings. The van der Waals surface area contributed by atoms with E-state index in [4.69, 9.17) is 4.74 Å². The van der Waals surface area contributed by atoms with E-state index < -0.39 is 4.92 Å². The molecule has 1 heterocycles. The number of methoxy groups -OCH3 is 1. The molecular formula is C12H21N5O3. The Bertz CT molecular complexity index is 439. The number of hydrogen-bond donors (Lipinski definition) is 2. The Kier molecular flexibility index (Phi) is 6.65. The number of nitrogens with one attached hydrogen (secondary N) is 2. The molecule has 0 radical (unpaired) electrons. The van der Waals surface area contributed by atoms with Crippen molar-refractivity contribution in [2.75, 3.05) is 37.4 Å². The van der Waals surface area contributed by atoms with Crippen molar-refractivity contribution in [3.8, 4) is 0 Å². The molecule has 1 rings (SSSR count). The first-order chi connectivity index (χ1) is 9.56. The maximum absolute atomic E-state index is 11.2. The molecule has 0 spiro atoms. The zero-order valence-corrected chi connectivity index (χ0v) is 12.0. The summed E-state index contributed by atoms with van der Waals surface area (Å²) in [6.07, 6.45) is 2.22. The number of ether oxygens (including phenoxy) is 1. The fraction of sp³-hybridized carbons (Fsp3) is 0.667. The van der Waals surface area contributed by atoms with Gasteiger partial charge in [-0.1, -0.05) is 13.8 Å². The summed E-state index contributed by atoms with van der Waals surface area (Å²) in [4.78, 5) is 18.6. The molecule has 0 saturated carbocycles. The Morgan fingerprint density at radius 3 is 2.40 bits per heavy atom. The van der Waals surface area contributed by atoms with Gasteiger partial charge in [-0.25, -0.2) is 9.97 Å². The standard InChI is InChI=1S/C12H21N5O3/c1-9(2)4-5-13-11-10(17(18)19)12(16-8-15-11)14-6-7-20-3/h8-9H,4-7H2,1-3H3,(H2,13,14,15,16). The fourth-order valence-electron chi connectivity index (χ4n) is 1.56. The smallest absolute Gasteiger partial charge is 0.353 e.